The molecule has 1 amide bonds. The highest BCUT2D eigenvalue weighted by molar-refractivity contribution is 6.07. The van der Waals surface area contributed by atoms with Gasteiger partial charge in [0.05, 0.1) is 18.2 Å². The van der Waals surface area contributed by atoms with Crippen LogP contribution in [0.1, 0.15) is 59.2 Å². The van der Waals surface area contributed by atoms with E-state index in [2.05, 4.69) is 5.32 Å². The zero-order chi connectivity index (χ0) is 24.5. The van der Waals surface area contributed by atoms with Crippen LogP contribution in [-0.2, 0) is 6.42 Å². The van der Waals surface area contributed by atoms with E-state index in [1.54, 1.807) is 42.5 Å². The number of carbonyl (C=O) groups excluding carboxylic acids is 2. The van der Waals surface area contributed by atoms with Gasteiger partial charge in [-0.2, -0.15) is 5.26 Å². The first-order valence-electron chi connectivity index (χ1n) is 11.1. The number of fused-ring (bicyclic) bond motifs is 1. The van der Waals surface area contributed by atoms with Crippen LogP contribution < -0.4 is 15.6 Å². The number of anilines is 1. The summed E-state index contributed by atoms with van der Waals surface area (Å²) in [6.07, 6.45) is 0.843. The van der Waals surface area contributed by atoms with Gasteiger partial charge in [-0.1, -0.05) is 19.9 Å². The lowest BCUT2D eigenvalue weighted by Gasteiger charge is -2.32. The van der Waals surface area contributed by atoms with Crippen molar-refractivity contribution in [2.24, 2.45) is 5.41 Å². The minimum Gasteiger partial charge on any atom is -0.494 e. The first kappa shape index (κ1) is 23.0. The average molecular weight is 456 g/mol. The molecule has 0 saturated heterocycles. The molecule has 0 fully saturated rings. The Morgan fingerprint density at radius 2 is 1.85 bits per heavy atom. The fourth-order valence-corrected chi connectivity index (χ4v) is 4.27. The van der Waals surface area contributed by atoms with E-state index in [4.69, 9.17) is 10.00 Å². The third-order valence-electron chi connectivity index (χ3n) is 5.79. The van der Waals surface area contributed by atoms with Gasteiger partial charge in [0, 0.05) is 29.1 Å². The lowest BCUT2D eigenvalue weighted by molar-refractivity contribution is 0.0908. The van der Waals surface area contributed by atoms with E-state index < -0.39 is 11.5 Å². The summed E-state index contributed by atoms with van der Waals surface area (Å²) in [7, 11) is 0. The Kier molecular flexibility index (Phi) is 6.08. The molecule has 1 N–H and O–H groups in total. The number of aromatic nitrogens is 1. The van der Waals surface area contributed by atoms with E-state index in [1.165, 1.54) is 16.7 Å². The summed E-state index contributed by atoms with van der Waals surface area (Å²) in [5.41, 5.74) is 1.34. The van der Waals surface area contributed by atoms with Crippen LogP contribution in [0.5, 0.6) is 5.75 Å². The maximum absolute atomic E-state index is 13.6. The molecule has 7 heteroatoms. The van der Waals surface area contributed by atoms with Gasteiger partial charge >= 0.3 is 0 Å². The van der Waals surface area contributed by atoms with Crippen molar-refractivity contribution in [2.45, 2.75) is 33.6 Å². The Bertz CT molecular complexity index is 1380. The van der Waals surface area contributed by atoms with Crippen LogP contribution in [0.15, 0.2) is 59.4 Å². The van der Waals surface area contributed by atoms with Crippen molar-refractivity contribution in [1.29, 1.82) is 5.26 Å². The second kappa shape index (κ2) is 8.99. The molecule has 0 bridgehead atoms. The molecule has 1 heterocycles. The van der Waals surface area contributed by atoms with Crippen LogP contribution in [-0.4, -0.2) is 22.9 Å². The van der Waals surface area contributed by atoms with E-state index in [-0.39, 0.29) is 16.8 Å². The predicted molar refractivity (Wildman–Crippen MR) is 129 cm³/mol. The molecule has 0 radical (unpaired) electrons. The standard InChI is InChI=1S/C27H25N3O4/c1-4-34-20-10-8-19(9-11-20)30-23-14-27(2,3)15-24(31)21(23)13-22(26(30)33)25(32)29-18-7-5-6-17(12-18)16-28/h5-13H,4,14-15H2,1-3H3,(H,29,32). The lowest BCUT2D eigenvalue weighted by atomic mass is 9.75. The smallest absolute Gasteiger partial charge is 0.268 e. The summed E-state index contributed by atoms with van der Waals surface area (Å²) >= 11 is 0. The molecule has 0 aliphatic heterocycles. The highest BCUT2D eigenvalue weighted by Crippen LogP contribution is 2.35. The van der Waals surface area contributed by atoms with Gasteiger partial charge in [0.1, 0.15) is 11.3 Å². The largest absolute Gasteiger partial charge is 0.494 e. The molecule has 4 rings (SSSR count). The van der Waals surface area contributed by atoms with E-state index >= 15 is 0 Å². The number of amides is 1. The molecule has 3 aromatic rings. The van der Waals surface area contributed by atoms with Gasteiger partial charge in [0.15, 0.2) is 5.78 Å². The number of carbonyl (C=O) groups is 2. The second-order valence-electron chi connectivity index (χ2n) is 9.07. The molecular weight excluding hydrogens is 430 g/mol. The number of pyridine rings is 1. The summed E-state index contributed by atoms with van der Waals surface area (Å²) in [6.45, 7) is 6.38. The first-order chi connectivity index (χ1) is 16.2. The van der Waals surface area contributed by atoms with E-state index in [0.29, 0.717) is 53.4 Å². The Labute approximate surface area is 197 Å². The molecule has 1 aliphatic carbocycles. The molecule has 0 saturated carbocycles. The number of nitrogens with one attached hydrogen (secondary N) is 1. The molecule has 7 nitrogen and oxygen atoms in total. The molecule has 2 aromatic carbocycles. The Hall–Kier alpha value is -4.18. The van der Waals surface area contributed by atoms with Crippen LogP contribution >= 0.6 is 0 Å². The minimum absolute atomic E-state index is 0.105. The van der Waals surface area contributed by atoms with Crippen molar-refractivity contribution < 1.29 is 14.3 Å². The van der Waals surface area contributed by atoms with Gasteiger partial charge in [-0.25, -0.2) is 0 Å². The van der Waals surface area contributed by atoms with Gasteiger partial charge in [0.25, 0.3) is 11.5 Å². The van der Waals surface area contributed by atoms with Gasteiger partial charge in [-0.3, -0.25) is 19.0 Å². The third-order valence-corrected chi connectivity index (χ3v) is 5.79. The summed E-state index contributed by atoms with van der Waals surface area (Å²) in [4.78, 5) is 39.8. The highest BCUT2D eigenvalue weighted by atomic mass is 16.5. The number of hydrogen-bond donors (Lipinski definition) is 1. The van der Waals surface area contributed by atoms with Crippen molar-refractivity contribution in [1.82, 2.24) is 4.57 Å². The van der Waals surface area contributed by atoms with Crippen molar-refractivity contribution in [3.8, 4) is 17.5 Å². The monoisotopic (exact) mass is 455 g/mol. The Morgan fingerprint density at radius 3 is 2.53 bits per heavy atom. The zero-order valence-corrected chi connectivity index (χ0v) is 19.3. The molecule has 1 aromatic heterocycles. The summed E-state index contributed by atoms with van der Waals surface area (Å²) in [5.74, 6) is -0.0810. The normalized spacial score (nSPS) is 14.1. The molecule has 0 atom stereocenters. The number of nitrogens with zero attached hydrogens (tertiary/aromatic N) is 2. The number of rotatable bonds is 5. The maximum Gasteiger partial charge on any atom is 0.268 e. The fourth-order valence-electron chi connectivity index (χ4n) is 4.27. The van der Waals surface area contributed by atoms with Crippen LogP contribution in [0.25, 0.3) is 5.69 Å². The van der Waals surface area contributed by atoms with E-state index in [0.717, 1.165) is 0 Å². The Morgan fingerprint density at radius 1 is 1.12 bits per heavy atom. The van der Waals surface area contributed by atoms with Gasteiger partial charge in [0.2, 0.25) is 0 Å². The number of nitriles is 1. The number of benzene rings is 2. The number of ether oxygens (including phenoxy) is 1. The molecule has 34 heavy (non-hydrogen) atoms. The zero-order valence-electron chi connectivity index (χ0n) is 19.3. The van der Waals surface area contributed by atoms with Crippen molar-refractivity contribution in [3.05, 3.63) is 87.3 Å². The van der Waals surface area contributed by atoms with Crippen molar-refractivity contribution >= 4 is 17.4 Å². The van der Waals surface area contributed by atoms with Crippen LogP contribution in [0.3, 0.4) is 0 Å². The van der Waals surface area contributed by atoms with E-state index in [1.807, 2.05) is 26.8 Å². The van der Waals surface area contributed by atoms with Crippen molar-refractivity contribution in [3.63, 3.8) is 0 Å². The van der Waals surface area contributed by atoms with Gasteiger partial charge in [-0.15, -0.1) is 0 Å². The fraction of sp³-hybridized carbons (Fsp3) is 0.259. The quantitative estimate of drug-likeness (QED) is 0.610. The average Bonchev–Trinajstić information content (AvgIpc) is 2.79. The lowest BCUT2D eigenvalue weighted by Crippen LogP contribution is -2.37. The summed E-state index contributed by atoms with van der Waals surface area (Å²) in [6, 6.07) is 16.9. The Balaban J connectivity index is 1.85. The highest BCUT2D eigenvalue weighted by Gasteiger charge is 2.35. The first-order valence-corrected chi connectivity index (χ1v) is 11.1. The van der Waals surface area contributed by atoms with Crippen molar-refractivity contribution in [2.75, 3.05) is 11.9 Å². The maximum atomic E-state index is 13.6. The number of ketones is 1. The molecule has 1 aliphatic rings. The molecule has 172 valence electrons. The van der Waals surface area contributed by atoms with Crippen LogP contribution in [0.2, 0.25) is 0 Å². The van der Waals surface area contributed by atoms with Crippen LogP contribution in [0.4, 0.5) is 5.69 Å². The molecule has 0 spiro atoms. The summed E-state index contributed by atoms with van der Waals surface area (Å²) < 4.78 is 6.97. The predicted octanol–water partition coefficient (Wildman–Crippen LogP) is 4.52. The molecule has 0 unspecified atom stereocenters. The second-order valence-corrected chi connectivity index (χ2v) is 9.07. The topological polar surface area (TPSA) is 101 Å². The number of hydrogen-bond acceptors (Lipinski definition) is 5. The van der Waals surface area contributed by atoms with Gasteiger partial charge < -0.3 is 10.1 Å². The third kappa shape index (κ3) is 4.48. The molecular formula is C27H25N3O4. The van der Waals surface area contributed by atoms with Crippen LogP contribution in [0, 0.1) is 16.7 Å². The SMILES string of the molecule is CCOc1ccc(-n2c3c(cc(C(=O)Nc4cccc(C#N)c4)c2=O)C(=O)CC(C)(C)C3)cc1. The minimum atomic E-state index is -0.639. The number of Topliss-reactive ketones (excluding diaryl/α,β-unsaturated/α-hetero) is 1. The van der Waals surface area contributed by atoms with Gasteiger partial charge in [-0.05, 0) is 67.3 Å². The van der Waals surface area contributed by atoms with E-state index in [9.17, 15) is 14.4 Å². The summed E-state index contributed by atoms with van der Waals surface area (Å²) in [5, 5.41) is 11.8.